The topological polar surface area (TPSA) is 24.9 Å². The van der Waals surface area contributed by atoms with E-state index in [2.05, 4.69) is 46.9 Å². The fourth-order valence-electron chi connectivity index (χ4n) is 1.74. The van der Waals surface area contributed by atoms with Crippen LogP contribution in [-0.4, -0.2) is 17.8 Å². The summed E-state index contributed by atoms with van der Waals surface area (Å²) in [6.45, 7) is 1.88. The molecule has 0 bridgehead atoms. The average molecular weight is 258 g/mol. The van der Waals surface area contributed by atoms with Gasteiger partial charge in [0.1, 0.15) is 0 Å². The molecule has 0 atom stereocenters. The van der Waals surface area contributed by atoms with E-state index < -0.39 is 0 Å². The zero-order chi connectivity index (χ0) is 12.6. The maximum Gasteiger partial charge on any atom is 0.0416 e. The van der Waals surface area contributed by atoms with Gasteiger partial charge in [-0.25, -0.2) is 0 Å². The van der Waals surface area contributed by atoms with Gasteiger partial charge >= 0.3 is 0 Å². The summed E-state index contributed by atoms with van der Waals surface area (Å²) in [7, 11) is 0. The Labute approximate surface area is 113 Å². The van der Waals surface area contributed by atoms with Gasteiger partial charge in [-0.1, -0.05) is 18.2 Å². The van der Waals surface area contributed by atoms with E-state index in [0.717, 1.165) is 25.2 Å². The van der Waals surface area contributed by atoms with Gasteiger partial charge in [-0.3, -0.25) is 4.98 Å². The molecular weight excluding hydrogens is 240 g/mol. The van der Waals surface area contributed by atoms with Crippen LogP contribution < -0.4 is 5.32 Å². The number of benzene rings is 1. The monoisotopic (exact) mass is 258 g/mol. The Balaban J connectivity index is 1.72. The van der Waals surface area contributed by atoms with E-state index >= 15 is 0 Å². The summed E-state index contributed by atoms with van der Waals surface area (Å²) in [5, 5.41) is 3.44. The zero-order valence-electron chi connectivity index (χ0n) is 10.6. The van der Waals surface area contributed by atoms with Crippen LogP contribution in [0.25, 0.3) is 0 Å². The molecule has 1 aromatic carbocycles. The Hall–Kier alpha value is -1.32. The molecule has 94 valence electrons. The summed E-state index contributed by atoms with van der Waals surface area (Å²) in [6.07, 6.45) is 4.92. The highest BCUT2D eigenvalue weighted by Gasteiger charge is 1.95. The maximum atomic E-state index is 4.30. The molecule has 18 heavy (non-hydrogen) atoms. The molecule has 0 unspecified atom stereocenters. The molecule has 1 N–H and O–H groups in total. The van der Waals surface area contributed by atoms with E-state index in [1.54, 1.807) is 11.8 Å². The molecule has 0 saturated heterocycles. The van der Waals surface area contributed by atoms with Crippen molar-refractivity contribution in [3.8, 4) is 0 Å². The lowest BCUT2D eigenvalue weighted by atomic mass is 10.2. The molecule has 0 aliphatic heterocycles. The van der Waals surface area contributed by atoms with Gasteiger partial charge in [0, 0.05) is 36.3 Å². The lowest BCUT2D eigenvalue weighted by Gasteiger charge is -2.05. The molecule has 2 rings (SSSR count). The largest absolute Gasteiger partial charge is 0.312 e. The predicted octanol–water partition coefficient (Wildman–Crippen LogP) is 3.14. The SMILES string of the molecule is CSc1ccc(CNCCc2ccccn2)cc1. The van der Waals surface area contributed by atoms with Crippen molar-refractivity contribution in [1.29, 1.82) is 0 Å². The van der Waals surface area contributed by atoms with Crippen molar-refractivity contribution in [2.45, 2.75) is 17.9 Å². The van der Waals surface area contributed by atoms with Crippen molar-refractivity contribution in [2.24, 2.45) is 0 Å². The first-order valence-corrected chi connectivity index (χ1v) is 7.34. The molecule has 0 aliphatic carbocycles. The van der Waals surface area contributed by atoms with Crippen LogP contribution in [0.3, 0.4) is 0 Å². The van der Waals surface area contributed by atoms with Crippen molar-refractivity contribution < 1.29 is 0 Å². The molecule has 2 nitrogen and oxygen atoms in total. The highest BCUT2D eigenvalue weighted by atomic mass is 32.2. The second kappa shape index (κ2) is 7.19. The second-order valence-electron chi connectivity index (χ2n) is 4.10. The quantitative estimate of drug-likeness (QED) is 0.636. The summed E-state index contributed by atoms with van der Waals surface area (Å²) in [5.41, 5.74) is 2.47. The van der Waals surface area contributed by atoms with Gasteiger partial charge in [0.2, 0.25) is 0 Å². The molecule has 0 spiro atoms. The van der Waals surface area contributed by atoms with Crippen LogP contribution in [0.1, 0.15) is 11.3 Å². The first-order chi connectivity index (χ1) is 8.88. The van der Waals surface area contributed by atoms with E-state index in [1.807, 2.05) is 18.3 Å². The molecule has 0 amide bonds. The summed E-state index contributed by atoms with van der Waals surface area (Å²) >= 11 is 1.77. The smallest absolute Gasteiger partial charge is 0.0416 e. The van der Waals surface area contributed by atoms with E-state index in [4.69, 9.17) is 0 Å². The third kappa shape index (κ3) is 4.17. The third-order valence-electron chi connectivity index (χ3n) is 2.77. The van der Waals surface area contributed by atoms with Gasteiger partial charge in [0.15, 0.2) is 0 Å². The number of aromatic nitrogens is 1. The van der Waals surface area contributed by atoms with Crippen LogP contribution in [0.15, 0.2) is 53.6 Å². The number of nitrogens with one attached hydrogen (secondary N) is 1. The van der Waals surface area contributed by atoms with Crippen molar-refractivity contribution in [3.05, 3.63) is 59.9 Å². The highest BCUT2D eigenvalue weighted by Crippen LogP contribution is 2.14. The summed E-state index contributed by atoms with van der Waals surface area (Å²) in [6, 6.07) is 14.7. The van der Waals surface area contributed by atoms with Gasteiger partial charge in [0.05, 0.1) is 0 Å². The molecule has 0 saturated carbocycles. The molecule has 1 aromatic heterocycles. The zero-order valence-corrected chi connectivity index (χ0v) is 11.4. The lowest BCUT2D eigenvalue weighted by molar-refractivity contribution is 0.679. The fourth-order valence-corrected chi connectivity index (χ4v) is 2.15. The minimum absolute atomic E-state index is 0.918. The van der Waals surface area contributed by atoms with E-state index in [9.17, 15) is 0 Å². The normalized spacial score (nSPS) is 10.5. The van der Waals surface area contributed by atoms with Crippen LogP contribution in [-0.2, 0) is 13.0 Å². The van der Waals surface area contributed by atoms with Gasteiger partial charge in [-0.15, -0.1) is 11.8 Å². The van der Waals surface area contributed by atoms with E-state index in [0.29, 0.717) is 0 Å². The van der Waals surface area contributed by atoms with Gasteiger partial charge in [-0.05, 0) is 36.1 Å². The summed E-state index contributed by atoms with van der Waals surface area (Å²) < 4.78 is 0. The molecule has 0 fully saturated rings. The number of hydrogen-bond acceptors (Lipinski definition) is 3. The molecule has 2 aromatic rings. The highest BCUT2D eigenvalue weighted by molar-refractivity contribution is 7.98. The summed E-state index contributed by atoms with van der Waals surface area (Å²) in [4.78, 5) is 5.62. The Morgan fingerprint density at radius 2 is 1.94 bits per heavy atom. The van der Waals surface area contributed by atoms with Crippen molar-refractivity contribution >= 4 is 11.8 Å². The van der Waals surface area contributed by atoms with Crippen LogP contribution in [0, 0.1) is 0 Å². The van der Waals surface area contributed by atoms with Crippen molar-refractivity contribution in [2.75, 3.05) is 12.8 Å². The van der Waals surface area contributed by atoms with Gasteiger partial charge in [-0.2, -0.15) is 0 Å². The van der Waals surface area contributed by atoms with Crippen molar-refractivity contribution in [1.82, 2.24) is 10.3 Å². The van der Waals surface area contributed by atoms with Gasteiger partial charge < -0.3 is 5.32 Å². The lowest BCUT2D eigenvalue weighted by Crippen LogP contribution is -2.17. The number of pyridine rings is 1. The van der Waals surface area contributed by atoms with Crippen LogP contribution in [0.4, 0.5) is 0 Å². The van der Waals surface area contributed by atoms with E-state index in [1.165, 1.54) is 10.5 Å². The minimum atomic E-state index is 0.918. The summed E-state index contributed by atoms with van der Waals surface area (Å²) in [5.74, 6) is 0. The van der Waals surface area contributed by atoms with Crippen molar-refractivity contribution in [3.63, 3.8) is 0 Å². The Bertz CT molecular complexity index is 454. The Kier molecular flexibility index (Phi) is 5.24. The second-order valence-corrected chi connectivity index (χ2v) is 4.98. The number of thioether (sulfide) groups is 1. The molecular formula is C15H18N2S. The Morgan fingerprint density at radius 1 is 1.11 bits per heavy atom. The predicted molar refractivity (Wildman–Crippen MR) is 77.9 cm³/mol. The number of nitrogens with zero attached hydrogens (tertiary/aromatic N) is 1. The number of hydrogen-bond donors (Lipinski definition) is 1. The standard InChI is InChI=1S/C15H18N2S/c1-18-15-7-5-13(6-8-15)12-16-11-9-14-4-2-3-10-17-14/h2-8,10,16H,9,11-12H2,1H3. The first-order valence-electron chi connectivity index (χ1n) is 6.12. The first kappa shape index (κ1) is 13.1. The van der Waals surface area contributed by atoms with Crippen LogP contribution in [0.2, 0.25) is 0 Å². The van der Waals surface area contributed by atoms with E-state index in [-0.39, 0.29) is 0 Å². The Morgan fingerprint density at radius 3 is 2.61 bits per heavy atom. The molecule has 1 heterocycles. The third-order valence-corrected chi connectivity index (χ3v) is 3.52. The fraction of sp³-hybridized carbons (Fsp3) is 0.267. The number of rotatable bonds is 6. The van der Waals surface area contributed by atoms with Gasteiger partial charge in [0.25, 0.3) is 0 Å². The maximum absolute atomic E-state index is 4.30. The van der Waals surface area contributed by atoms with Crippen LogP contribution >= 0.6 is 11.8 Å². The molecule has 0 radical (unpaired) electrons. The minimum Gasteiger partial charge on any atom is -0.312 e. The van der Waals surface area contributed by atoms with Crippen LogP contribution in [0.5, 0.6) is 0 Å². The molecule has 3 heteroatoms. The average Bonchev–Trinajstić information content (AvgIpc) is 2.45. The molecule has 0 aliphatic rings.